The molecule has 5 aromatic rings. The van der Waals surface area contributed by atoms with E-state index in [1.54, 1.807) is 18.3 Å². The summed E-state index contributed by atoms with van der Waals surface area (Å²) in [5.41, 5.74) is 3.13. The Bertz CT molecular complexity index is 1730. The largest absolute Gasteiger partial charge is 0.417 e. The molecule has 3 aromatic carbocycles. The lowest BCUT2D eigenvalue weighted by Crippen LogP contribution is -2.14. The van der Waals surface area contributed by atoms with E-state index < -0.39 is 52.2 Å². The number of H-pyrrole nitrogens is 1. The lowest BCUT2D eigenvalue weighted by molar-refractivity contribution is -0.137. The average Bonchev–Trinajstić information content (AvgIpc) is 3.52. The molecule has 2 aromatic heterocycles. The molecule has 0 saturated carbocycles. The Kier molecular flexibility index (Phi) is 6.21. The summed E-state index contributed by atoms with van der Waals surface area (Å²) >= 11 is 0. The Morgan fingerprint density at radius 2 is 1.49 bits per heavy atom. The Balaban J connectivity index is 1.78. The van der Waals surface area contributed by atoms with Gasteiger partial charge in [-0.25, -0.2) is 9.67 Å². The molecule has 7 nitrogen and oxygen atoms in total. The van der Waals surface area contributed by atoms with Gasteiger partial charge in [0, 0.05) is 22.7 Å². The van der Waals surface area contributed by atoms with E-state index in [1.165, 1.54) is 24.3 Å². The van der Waals surface area contributed by atoms with E-state index >= 15 is 0 Å². The van der Waals surface area contributed by atoms with Gasteiger partial charge in [0.2, 0.25) is 0 Å². The van der Waals surface area contributed by atoms with E-state index in [4.69, 9.17) is 5.73 Å². The molecule has 0 aliphatic heterocycles. The number of primary amides is 1. The number of nitrogens with zero attached hydrogens (tertiary/aromatic N) is 4. The normalized spacial score (nSPS) is 12.7. The fourth-order valence-electron chi connectivity index (χ4n) is 4.07. The van der Waals surface area contributed by atoms with Crippen LogP contribution in [-0.4, -0.2) is 30.9 Å². The number of alkyl halides is 6. The quantitative estimate of drug-likeness (QED) is 0.210. The predicted molar refractivity (Wildman–Crippen MR) is 130 cm³/mol. The van der Waals surface area contributed by atoms with Crippen LogP contribution < -0.4 is 5.73 Å². The number of amides is 1. The number of carbonyl (C=O) groups excluding carboxylic acids is 1. The lowest BCUT2D eigenvalue weighted by Gasteiger charge is -2.12. The van der Waals surface area contributed by atoms with Crippen LogP contribution in [0.1, 0.15) is 16.7 Å². The first-order valence-electron chi connectivity index (χ1n) is 11.2. The second-order valence-corrected chi connectivity index (χ2v) is 8.37. The van der Waals surface area contributed by atoms with E-state index in [9.17, 15) is 31.1 Å². The molecular weight excluding hydrogens is 526 g/mol. The summed E-state index contributed by atoms with van der Waals surface area (Å²) < 4.78 is 83.7. The molecule has 3 N–H and O–H groups in total. The molecule has 0 spiro atoms. The van der Waals surface area contributed by atoms with Gasteiger partial charge in [-0.2, -0.15) is 31.4 Å². The summed E-state index contributed by atoms with van der Waals surface area (Å²) in [7, 11) is 0. The zero-order valence-electron chi connectivity index (χ0n) is 19.5. The molecule has 0 radical (unpaired) electrons. The number of benzene rings is 3. The van der Waals surface area contributed by atoms with Gasteiger partial charge < -0.3 is 5.73 Å². The number of fused-ring (bicyclic) bond motifs is 1. The molecule has 0 atom stereocenters. The van der Waals surface area contributed by atoms with Crippen LogP contribution in [0.5, 0.6) is 0 Å². The van der Waals surface area contributed by atoms with Crippen molar-refractivity contribution in [2.75, 3.05) is 0 Å². The highest BCUT2D eigenvalue weighted by molar-refractivity contribution is 6.22. The fourth-order valence-corrected chi connectivity index (χ4v) is 4.07. The van der Waals surface area contributed by atoms with Crippen LogP contribution in [0.2, 0.25) is 0 Å². The van der Waals surface area contributed by atoms with E-state index in [0.29, 0.717) is 10.9 Å². The van der Waals surface area contributed by atoms with Crippen molar-refractivity contribution in [3.05, 3.63) is 89.6 Å². The number of nitrogens with one attached hydrogen (secondary N) is 1. The number of carbonyl (C=O) groups is 1. The first-order chi connectivity index (χ1) is 18.4. The highest BCUT2D eigenvalue weighted by Gasteiger charge is 2.37. The number of aromatic amines is 1. The minimum absolute atomic E-state index is 0.183. The van der Waals surface area contributed by atoms with Crippen molar-refractivity contribution in [3.8, 4) is 22.8 Å². The van der Waals surface area contributed by atoms with Gasteiger partial charge >= 0.3 is 12.4 Å². The average molecular weight is 542 g/mol. The fraction of sp³-hybridized carbons (Fsp3) is 0.0769. The molecule has 0 aliphatic rings. The Morgan fingerprint density at radius 3 is 2.13 bits per heavy atom. The summed E-state index contributed by atoms with van der Waals surface area (Å²) in [5.74, 6) is -1.91. The van der Waals surface area contributed by atoms with Crippen molar-refractivity contribution in [2.24, 2.45) is 5.73 Å². The number of hydrogen-bond acceptors (Lipinski definition) is 4. The number of rotatable bonds is 5. The van der Waals surface area contributed by atoms with Gasteiger partial charge in [0.25, 0.3) is 5.91 Å². The second-order valence-electron chi connectivity index (χ2n) is 8.37. The highest BCUT2D eigenvalue weighted by Crippen LogP contribution is 2.39. The summed E-state index contributed by atoms with van der Waals surface area (Å²) in [4.78, 5) is 16.5. The van der Waals surface area contributed by atoms with Crippen LogP contribution in [0.4, 0.5) is 26.3 Å². The third kappa shape index (κ3) is 4.98. The standard InChI is InChI=1S/C26H16F6N6O/c27-25(28,29)19-7-3-1-5-16(19)23-35-24(17-6-2-4-8-20(17)26(30,31)32)38(37-23)13-18(22(33)39)14-9-10-15-12-34-36-21(15)11-14/h1-13H,(H2,33,39)(H,34,36)/b18-13+. The zero-order chi connectivity index (χ0) is 27.9. The second kappa shape index (κ2) is 9.42. The topological polar surface area (TPSA) is 102 Å². The summed E-state index contributed by atoms with van der Waals surface area (Å²) in [6, 6.07) is 13.5. The zero-order valence-corrected chi connectivity index (χ0v) is 19.5. The van der Waals surface area contributed by atoms with Gasteiger partial charge in [-0.3, -0.25) is 9.89 Å². The van der Waals surface area contributed by atoms with Crippen LogP contribution in [-0.2, 0) is 17.1 Å². The van der Waals surface area contributed by atoms with E-state index in [-0.39, 0.29) is 11.1 Å². The summed E-state index contributed by atoms with van der Waals surface area (Å²) in [6.07, 6.45) is -7.03. The van der Waals surface area contributed by atoms with Crippen molar-refractivity contribution in [1.82, 2.24) is 25.0 Å². The first kappa shape index (κ1) is 25.7. The Hall–Kier alpha value is -4.94. The monoisotopic (exact) mass is 542 g/mol. The molecule has 0 bridgehead atoms. The Labute approximate surface area is 215 Å². The predicted octanol–water partition coefficient (Wildman–Crippen LogP) is 6.01. The van der Waals surface area contributed by atoms with Gasteiger partial charge in [0.05, 0.1) is 28.4 Å². The van der Waals surface area contributed by atoms with Crippen LogP contribution >= 0.6 is 0 Å². The third-order valence-electron chi connectivity index (χ3n) is 5.85. The first-order valence-corrected chi connectivity index (χ1v) is 11.2. The maximum Gasteiger partial charge on any atom is 0.417 e. The molecule has 0 saturated heterocycles. The molecule has 5 rings (SSSR count). The number of halogens is 6. The maximum absolute atomic E-state index is 13.9. The van der Waals surface area contributed by atoms with E-state index in [0.717, 1.165) is 41.2 Å². The van der Waals surface area contributed by atoms with Gasteiger partial charge in [-0.05, 0) is 23.8 Å². The summed E-state index contributed by atoms with van der Waals surface area (Å²) in [5, 5.41) is 11.4. The van der Waals surface area contributed by atoms with Crippen molar-refractivity contribution in [2.45, 2.75) is 12.4 Å². The molecule has 39 heavy (non-hydrogen) atoms. The molecule has 0 fully saturated rings. The molecule has 1 amide bonds. The molecule has 2 heterocycles. The van der Waals surface area contributed by atoms with E-state index in [1.807, 2.05) is 0 Å². The van der Waals surface area contributed by atoms with Crippen LogP contribution in [0.3, 0.4) is 0 Å². The van der Waals surface area contributed by atoms with Crippen LogP contribution in [0.15, 0.2) is 72.9 Å². The van der Waals surface area contributed by atoms with Gasteiger partial charge in [0.1, 0.15) is 0 Å². The van der Waals surface area contributed by atoms with Gasteiger partial charge in [0.15, 0.2) is 11.6 Å². The van der Waals surface area contributed by atoms with Crippen molar-refractivity contribution < 1.29 is 31.1 Å². The molecule has 198 valence electrons. The van der Waals surface area contributed by atoms with Crippen LogP contribution in [0.25, 0.3) is 45.5 Å². The maximum atomic E-state index is 13.9. The lowest BCUT2D eigenvalue weighted by atomic mass is 10.0. The smallest absolute Gasteiger partial charge is 0.366 e. The SMILES string of the molecule is NC(=O)/C(=C/n1nc(-c2ccccc2C(F)(F)F)nc1-c1ccccc1C(F)(F)F)c1ccc2cn[nH]c2c1. The number of aromatic nitrogens is 5. The molecule has 0 aliphatic carbocycles. The van der Waals surface area contributed by atoms with E-state index in [2.05, 4.69) is 20.3 Å². The summed E-state index contributed by atoms with van der Waals surface area (Å²) in [6.45, 7) is 0. The van der Waals surface area contributed by atoms with Gasteiger partial charge in [-0.15, -0.1) is 5.10 Å². The molecular formula is C26H16F6N6O. The minimum atomic E-state index is -4.82. The molecule has 0 unspecified atom stereocenters. The van der Waals surface area contributed by atoms with Crippen molar-refractivity contribution in [1.29, 1.82) is 0 Å². The highest BCUT2D eigenvalue weighted by atomic mass is 19.4. The van der Waals surface area contributed by atoms with Crippen molar-refractivity contribution in [3.63, 3.8) is 0 Å². The van der Waals surface area contributed by atoms with Gasteiger partial charge in [-0.1, -0.05) is 48.5 Å². The van der Waals surface area contributed by atoms with Crippen molar-refractivity contribution >= 4 is 28.6 Å². The molecule has 13 heteroatoms. The minimum Gasteiger partial charge on any atom is -0.366 e. The Morgan fingerprint density at radius 1 is 0.872 bits per heavy atom. The number of nitrogens with two attached hydrogens (primary N) is 1. The third-order valence-corrected chi connectivity index (χ3v) is 5.85. The van der Waals surface area contributed by atoms with Crippen LogP contribution in [0, 0.1) is 0 Å². The number of hydrogen-bond donors (Lipinski definition) is 2.